The average molecular weight is 300 g/mol. The molecular weight excluding hydrogens is 282 g/mol. The van der Waals surface area contributed by atoms with Gasteiger partial charge in [-0.1, -0.05) is 11.6 Å². The molecule has 1 unspecified atom stereocenters. The van der Waals surface area contributed by atoms with Crippen molar-refractivity contribution >= 4 is 15.9 Å². The molecule has 0 aromatic carbocycles. The van der Waals surface area contributed by atoms with Gasteiger partial charge >= 0.3 is 0 Å². The summed E-state index contributed by atoms with van der Waals surface area (Å²) in [4.78, 5) is 0. The zero-order valence-corrected chi connectivity index (χ0v) is 11.6. The topological polar surface area (TPSA) is 34.4 Å². The van der Waals surface area contributed by atoms with Gasteiger partial charge in [-0.25, -0.2) is 0 Å². The van der Waals surface area contributed by atoms with E-state index in [0.29, 0.717) is 0 Å². The van der Waals surface area contributed by atoms with Crippen LogP contribution in [0.4, 0.5) is 0 Å². The lowest BCUT2D eigenvalue weighted by molar-refractivity contribution is 0.153. The number of hydrogen-bond acceptors (Lipinski definition) is 3. The molecule has 0 bridgehead atoms. The lowest BCUT2D eigenvalue weighted by Crippen LogP contribution is -2.20. The third-order valence-electron chi connectivity index (χ3n) is 2.99. The summed E-state index contributed by atoms with van der Waals surface area (Å²) in [5, 5.41) is 3.47. The smallest absolute Gasteiger partial charge is 0.134 e. The summed E-state index contributed by atoms with van der Waals surface area (Å²) < 4.78 is 11.7. The Morgan fingerprint density at radius 2 is 2.41 bits per heavy atom. The predicted octanol–water partition coefficient (Wildman–Crippen LogP) is 3.43. The minimum Gasteiger partial charge on any atom is -0.466 e. The molecule has 0 fully saturated rings. The summed E-state index contributed by atoms with van der Waals surface area (Å²) >= 11 is 3.47. The molecule has 2 heterocycles. The largest absolute Gasteiger partial charge is 0.466 e. The maximum Gasteiger partial charge on any atom is 0.134 e. The molecule has 2 rings (SSSR count). The first-order chi connectivity index (χ1) is 8.27. The average Bonchev–Trinajstić information content (AvgIpc) is 2.77. The zero-order valence-electron chi connectivity index (χ0n) is 10.0. The standard InChI is InChI=1S/C13H18BrNO2/c1-10(13-12(14)5-9-17-13)15-6-2-11-3-7-16-8-4-11/h3,5,9-10,15H,2,4,6-8H2,1H3. The molecule has 0 saturated heterocycles. The van der Waals surface area contributed by atoms with Crippen molar-refractivity contribution in [2.75, 3.05) is 19.8 Å². The fourth-order valence-corrected chi connectivity index (χ4v) is 2.49. The highest BCUT2D eigenvalue weighted by Gasteiger charge is 2.12. The Morgan fingerprint density at radius 1 is 1.53 bits per heavy atom. The van der Waals surface area contributed by atoms with Crippen LogP contribution in [-0.2, 0) is 4.74 Å². The van der Waals surface area contributed by atoms with Crippen molar-refractivity contribution in [2.45, 2.75) is 25.8 Å². The van der Waals surface area contributed by atoms with Gasteiger partial charge in [0, 0.05) is 0 Å². The van der Waals surface area contributed by atoms with Crippen molar-refractivity contribution in [2.24, 2.45) is 0 Å². The Morgan fingerprint density at radius 3 is 3.06 bits per heavy atom. The second kappa shape index (κ2) is 6.38. The van der Waals surface area contributed by atoms with Gasteiger partial charge < -0.3 is 14.5 Å². The summed E-state index contributed by atoms with van der Waals surface area (Å²) in [5.74, 6) is 0.964. The minimum absolute atomic E-state index is 0.236. The van der Waals surface area contributed by atoms with Gasteiger partial charge in [-0.3, -0.25) is 0 Å². The molecule has 0 radical (unpaired) electrons. The van der Waals surface area contributed by atoms with E-state index in [0.717, 1.165) is 42.8 Å². The van der Waals surface area contributed by atoms with Crippen molar-refractivity contribution in [3.05, 3.63) is 34.2 Å². The van der Waals surface area contributed by atoms with Crippen LogP contribution in [0, 0.1) is 0 Å². The molecule has 3 nitrogen and oxygen atoms in total. The Labute approximate surface area is 110 Å². The van der Waals surface area contributed by atoms with Crippen LogP contribution in [0.15, 0.2) is 32.9 Å². The van der Waals surface area contributed by atoms with Gasteiger partial charge in [0.05, 0.1) is 30.0 Å². The minimum atomic E-state index is 0.236. The van der Waals surface area contributed by atoms with Crippen LogP contribution in [0.5, 0.6) is 0 Å². The van der Waals surface area contributed by atoms with Crippen molar-refractivity contribution in [3.63, 3.8) is 0 Å². The fourth-order valence-electron chi connectivity index (χ4n) is 1.95. The number of halogens is 1. The Hall–Kier alpha value is -0.580. The number of furan rings is 1. The van der Waals surface area contributed by atoms with Crippen LogP contribution in [0.25, 0.3) is 0 Å². The van der Waals surface area contributed by atoms with Crippen LogP contribution in [0.1, 0.15) is 31.6 Å². The summed E-state index contributed by atoms with van der Waals surface area (Å²) in [6.07, 6.45) is 6.06. The predicted molar refractivity (Wildman–Crippen MR) is 71.0 cm³/mol. The molecule has 1 aromatic heterocycles. The first-order valence-corrected chi connectivity index (χ1v) is 6.78. The molecular formula is C13H18BrNO2. The van der Waals surface area contributed by atoms with E-state index in [4.69, 9.17) is 9.15 Å². The molecule has 1 aromatic rings. The maximum absolute atomic E-state index is 5.42. The van der Waals surface area contributed by atoms with E-state index in [-0.39, 0.29) is 6.04 Å². The van der Waals surface area contributed by atoms with Crippen molar-refractivity contribution in [1.82, 2.24) is 5.32 Å². The van der Waals surface area contributed by atoms with E-state index in [1.54, 1.807) is 6.26 Å². The van der Waals surface area contributed by atoms with E-state index >= 15 is 0 Å². The van der Waals surface area contributed by atoms with Crippen molar-refractivity contribution in [1.29, 1.82) is 0 Å². The first kappa shape index (κ1) is 12.9. The molecule has 1 aliphatic rings. The van der Waals surface area contributed by atoms with Crippen LogP contribution in [0.3, 0.4) is 0 Å². The van der Waals surface area contributed by atoms with Crippen molar-refractivity contribution in [3.8, 4) is 0 Å². The van der Waals surface area contributed by atoms with E-state index in [2.05, 4.69) is 34.2 Å². The summed E-state index contributed by atoms with van der Waals surface area (Å²) in [5.41, 5.74) is 1.49. The molecule has 4 heteroatoms. The lowest BCUT2D eigenvalue weighted by Gasteiger charge is -2.16. The van der Waals surface area contributed by atoms with E-state index in [9.17, 15) is 0 Å². The lowest BCUT2D eigenvalue weighted by atomic mass is 10.1. The molecule has 0 aliphatic carbocycles. The second-order valence-electron chi connectivity index (χ2n) is 4.25. The molecule has 1 atom stereocenters. The highest BCUT2D eigenvalue weighted by atomic mass is 79.9. The van der Waals surface area contributed by atoms with Crippen LogP contribution < -0.4 is 5.32 Å². The van der Waals surface area contributed by atoms with Gasteiger partial charge in [-0.2, -0.15) is 0 Å². The Kier molecular flexibility index (Phi) is 4.83. The van der Waals surface area contributed by atoms with Crippen LogP contribution in [-0.4, -0.2) is 19.8 Å². The van der Waals surface area contributed by atoms with Gasteiger partial charge in [0.15, 0.2) is 0 Å². The van der Waals surface area contributed by atoms with Crippen molar-refractivity contribution < 1.29 is 9.15 Å². The van der Waals surface area contributed by atoms with Crippen LogP contribution >= 0.6 is 15.9 Å². The molecule has 0 saturated carbocycles. The van der Waals surface area contributed by atoms with E-state index < -0.39 is 0 Å². The third-order valence-corrected chi connectivity index (χ3v) is 3.65. The zero-order chi connectivity index (χ0) is 12.1. The molecule has 1 N–H and O–H groups in total. The SMILES string of the molecule is CC(NCCC1=CCOCC1)c1occc1Br. The molecule has 1 aliphatic heterocycles. The molecule has 0 spiro atoms. The quantitative estimate of drug-likeness (QED) is 0.846. The third kappa shape index (κ3) is 3.69. The Balaban J connectivity index is 1.75. The number of ether oxygens (including phenoxy) is 1. The van der Waals surface area contributed by atoms with E-state index in [1.807, 2.05) is 6.07 Å². The second-order valence-corrected chi connectivity index (χ2v) is 5.10. The summed E-state index contributed by atoms with van der Waals surface area (Å²) in [7, 11) is 0. The first-order valence-electron chi connectivity index (χ1n) is 5.99. The monoisotopic (exact) mass is 299 g/mol. The number of hydrogen-bond donors (Lipinski definition) is 1. The molecule has 94 valence electrons. The van der Waals surface area contributed by atoms with Gasteiger partial charge in [-0.05, 0) is 48.3 Å². The van der Waals surface area contributed by atoms with E-state index in [1.165, 1.54) is 5.57 Å². The summed E-state index contributed by atoms with van der Waals surface area (Å²) in [6.45, 7) is 4.72. The highest BCUT2D eigenvalue weighted by molar-refractivity contribution is 9.10. The summed E-state index contributed by atoms with van der Waals surface area (Å²) in [6, 6.07) is 2.16. The number of rotatable bonds is 5. The normalized spacial score (nSPS) is 17.9. The van der Waals surface area contributed by atoms with Gasteiger partial charge in [0.2, 0.25) is 0 Å². The van der Waals surface area contributed by atoms with Gasteiger partial charge in [0.25, 0.3) is 0 Å². The van der Waals surface area contributed by atoms with Crippen LogP contribution in [0.2, 0.25) is 0 Å². The maximum atomic E-state index is 5.42. The fraction of sp³-hybridized carbons (Fsp3) is 0.538. The highest BCUT2D eigenvalue weighted by Crippen LogP contribution is 2.24. The van der Waals surface area contributed by atoms with Gasteiger partial charge in [-0.15, -0.1) is 0 Å². The van der Waals surface area contributed by atoms with Gasteiger partial charge in [0.1, 0.15) is 5.76 Å². The molecule has 17 heavy (non-hydrogen) atoms. The molecule has 0 amide bonds. The number of nitrogens with one attached hydrogen (secondary N) is 1. The Bertz CT molecular complexity index is 387.